The number of amides is 1. The van der Waals surface area contributed by atoms with E-state index >= 15 is 0 Å². The summed E-state index contributed by atoms with van der Waals surface area (Å²) in [6.45, 7) is 3.96. The number of fused-ring (bicyclic) bond motifs is 1. The molecule has 8 nitrogen and oxygen atoms in total. The number of carbonyl (C=O) groups is 1. The second kappa shape index (κ2) is 11.8. The molecule has 0 aliphatic carbocycles. The normalized spacial score (nSPS) is 12.8. The Labute approximate surface area is 195 Å². The van der Waals surface area contributed by atoms with Gasteiger partial charge in [0.25, 0.3) is 0 Å². The molecule has 9 heteroatoms. The molecular weight excluding hydrogens is 444 g/mol. The van der Waals surface area contributed by atoms with Crippen molar-refractivity contribution in [1.82, 2.24) is 5.32 Å². The summed E-state index contributed by atoms with van der Waals surface area (Å²) in [5.74, 6) is 1.74. The minimum absolute atomic E-state index is 0.146. The molecule has 33 heavy (non-hydrogen) atoms. The van der Waals surface area contributed by atoms with Crippen LogP contribution in [-0.4, -0.2) is 53.5 Å². The van der Waals surface area contributed by atoms with Gasteiger partial charge in [-0.25, -0.2) is 8.42 Å². The van der Waals surface area contributed by atoms with Gasteiger partial charge in [-0.2, -0.15) is 0 Å². The van der Waals surface area contributed by atoms with Gasteiger partial charge in [-0.05, 0) is 42.7 Å². The number of ether oxygens (including phenoxy) is 3. The van der Waals surface area contributed by atoms with Gasteiger partial charge in [0.2, 0.25) is 15.9 Å². The number of aryl methyl sites for hydroxylation is 1. The lowest BCUT2D eigenvalue weighted by atomic mass is 10.1. The van der Waals surface area contributed by atoms with E-state index in [2.05, 4.69) is 12.2 Å². The summed E-state index contributed by atoms with van der Waals surface area (Å²) in [4.78, 5) is 12.2. The highest BCUT2D eigenvalue weighted by Crippen LogP contribution is 2.34. The van der Waals surface area contributed by atoms with Crippen molar-refractivity contribution >= 4 is 21.6 Å². The Morgan fingerprint density at radius 3 is 2.52 bits per heavy atom. The summed E-state index contributed by atoms with van der Waals surface area (Å²) in [6.07, 6.45) is 3.89. The number of hydrogen-bond donors (Lipinski definition) is 1. The fourth-order valence-corrected chi connectivity index (χ4v) is 4.50. The van der Waals surface area contributed by atoms with Crippen LogP contribution < -0.4 is 23.8 Å². The number of carbonyl (C=O) groups excluding carboxylic acids is 1. The SMILES string of the molecule is CCCc1ccc(OCCNC(=O)CCCN(c2ccc3c(c2)OCCO3)S(C)(=O)=O)cc1. The first kappa shape index (κ1) is 24.7. The molecule has 1 aliphatic rings. The molecule has 180 valence electrons. The molecule has 0 atom stereocenters. The van der Waals surface area contributed by atoms with Crippen molar-refractivity contribution in [2.24, 2.45) is 0 Å². The predicted octanol–water partition coefficient (Wildman–Crippen LogP) is 3.15. The Morgan fingerprint density at radius 1 is 1.09 bits per heavy atom. The molecule has 2 aromatic rings. The highest BCUT2D eigenvalue weighted by molar-refractivity contribution is 7.92. The molecule has 0 aromatic heterocycles. The number of rotatable bonds is 12. The van der Waals surface area contributed by atoms with E-state index in [0.29, 0.717) is 50.0 Å². The average Bonchev–Trinajstić information content (AvgIpc) is 2.80. The highest BCUT2D eigenvalue weighted by atomic mass is 32.2. The summed E-state index contributed by atoms with van der Waals surface area (Å²) in [5, 5.41) is 2.81. The van der Waals surface area contributed by atoms with Crippen molar-refractivity contribution in [2.75, 3.05) is 43.5 Å². The van der Waals surface area contributed by atoms with Crippen molar-refractivity contribution in [2.45, 2.75) is 32.6 Å². The van der Waals surface area contributed by atoms with Crippen LogP contribution in [0.15, 0.2) is 42.5 Å². The van der Waals surface area contributed by atoms with Crippen molar-refractivity contribution < 1.29 is 27.4 Å². The maximum atomic E-state index is 12.3. The molecule has 0 radical (unpaired) electrons. The third kappa shape index (κ3) is 7.56. The van der Waals surface area contributed by atoms with Crippen LogP contribution in [0.5, 0.6) is 17.2 Å². The van der Waals surface area contributed by atoms with Gasteiger partial charge in [-0.1, -0.05) is 25.5 Å². The lowest BCUT2D eigenvalue weighted by molar-refractivity contribution is -0.121. The summed E-state index contributed by atoms with van der Waals surface area (Å²) in [6, 6.07) is 13.0. The van der Waals surface area contributed by atoms with Crippen LogP contribution in [0.25, 0.3) is 0 Å². The minimum atomic E-state index is -3.52. The van der Waals surface area contributed by atoms with Crippen LogP contribution in [0.3, 0.4) is 0 Å². The fraction of sp³-hybridized carbons (Fsp3) is 0.458. The van der Waals surface area contributed by atoms with Gasteiger partial charge in [-0.15, -0.1) is 0 Å². The number of hydrogen-bond acceptors (Lipinski definition) is 6. The van der Waals surface area contributed by atoms with E-state index in [-0.39, 0.29) is 18.9 Å². The van der Waals surface area contributed by atoms with Crippen molar-refractivity contribution in [3.05, 3.63) is 48.0 Å². The fourth-order valence-electron chi connectivity index (χ4n) is 3.55. The third-order valence-corrected chi connectivity index (χ3v) is 6.33. The molecule has 3 rings (SSSR count). The first-order chi connectivity index (χ1) is 15.9. The summed E-state index contributed by atoms with van der Waals surface area (Å²) in [5.41, 5.74) is 1.76. The number of benzene rings is 2. The van der Waals surface area contributed by atoms with E-state index in [4.69, 9.17) is 14.2 Å². The molecule has 1 aliphatic heterocycles. The molecule has 1 N–H and O–H groups in total. The average molecular weight is 477 g/mol. The topological polar surface area (TPSA) is 94.2 Å². The van der Waals surface area contributed by atoms with Crippen LogP contribution in [0, 0.1) is 0 Å². The second-order valence-electron chi connectivity index (χ2n) is 7.86. The quantitative estimate of drug-likeness (QED) is 0.473. The molecule has 1 heterocycles. The third-order valence-electron chi connectivity index (χ3n) is 5.13. The van der Waals surface area contributed by atoms with Gasteiger partial charge >= 0.3 is 0 Å². The molecule has 2 aromatic carbocycles. The van der Waals surface area contributed by atoms with Crippen molar-refractivity contribution in [3.63, 3.8) is 0 Å². The number of nitrogens with zero attached hydrogens (tertiary/aromatic N) is 1. The Bertz CT molecular complexity index is 1020. The largest absolute Gasteiger partial charge is 0.492 e. The van der Waals surface area contributed by atoms with Gasteiger partial charge < -0.3 is 19.5 Å². The van der Waals surface area contributed by atoms with Crippen molar-refractivity contribution in [1.29, 1.82) is 0 Å². The van der Waals surface area contributed by atoms with Crippen LogP contribution in [-0.2, 0) is 21.2 Å². The van der Waals surface area contributed by atoms with E-state index < -0.39 is 10.0 Å². The van der Waals surface area contributed by atoms with E-state index in [1.54, 1.807) is 18.2 Å². The Kier molecular flexibility index (Phi) is 8.82. The standard InChI is InChI=1S/C24H32N2O6S/c1-3-5-19-7-10-21(11-8-19)30-15-13-25-24(27)6-4-14-26(33(2,28)29)20-9-12-22-23(18-20)32-17-16-31-22/h7-12,18H,3-6,13-17H2,1-2H3,(H,25,27). The van der Waals surface area contributed by atoms with Crippen LogP contribution in [0.1, 0.15) is 31.7 Å². The molecule has 0 fully saturated rings. The van der Waals surface area contributed by atoms with E-state index in [1.165, 1.54) is 9.87 Å². The summed E-state index contributed by atoms with van der Waals surface area (Å²) in [7, 11) is -3.52. The molecule has 0 unspecified atom stereocenters. The zero-order chi connectivity index (χ0) is 23.7. The maximum absolute atomic E-state index is 12.3. The molecule has 0 spiro atoms. The second-order valence-corrected chi connectivity index (χ2v) is 9.77. The van der Waals surface area contributed by atoms with Crippen molar-refractivity contribution in [3.8, 4) is 17.2 Å². The van der Waals surface area contributed by atoms with Gasteiger partial charge in [-0.3, -0.25) is 9.10 Å². The zero-order valence-electron chi connectivity index (χ0n) is 19.2. The summed E-state index contributed by atoms with van der Waals surface area (Å²) >= 11 is 0. The van der Waals surface area contributed by atoms with Crippen LogP contribution in [0.4, 0.5) is 5.69 Å². The number of sulfonamides is 1. The zero-order valence-corrected chi connectivity index (χ0v) is 20.0. The van der Waals surface area contributed by atoms with Gasteiger partial charge in [0, 0.05) is 19.0 Å². The molecule has 1 amide bonds. The van der Waals surface area contributed by atoms with Gasteiger partial charge in [0.1, 0.15) is 25.6 Å². The predicted molar refractivity (Wildman–Crippen MR) is 128 cm³/mol. The highest BCUT2D eigenvalue weighted by Gasteiger charge is 2.21. The van der Waals surface area contributed by atoms with E-state index in [1.807, 2.05) is 24.3 Å². The number of nitrogens with one attached hydrogen (secondary N) is 1. The minimum Gasteiger partial charge on any atom is -0.492 e. The molecule has 0 saturated heterocycles. The Balaban J connectivity index is 1.42. The monoisotopic (exact) mass is 476 g/mol. The lowest BCUT2D eigenvalue weighted by Gasteiger charge is -2.25. The number of anilines is 1. The van der Waals surface area contributed by atoms with Crippen LogP contribution in [0.2, 0.25) is 0 Å². The van der Waals surface area contributed by atoms with Gasteiger partial charge in [0.05, 0.1) is 18.5 Å². The van der Waals surface area contributed by atoms with Gasteiger partial charge in [0.15, 0.2) is 11.5 Å². The molecule has 0 saturated carbocycles. The van der Waals surface area contributed by atoms with E-state index in [9.17, 15) is 13.2 Å². The Morgan fingerprint density at radius 2 is 1.82 bits per heavy atom. The Hall–Kier alpha value is -2.94. The van der Waals surface area contributed by atoms with E-state index in [0.717, 1.165) is 24.8 Å². The first-order valence-corrected chi connectivity index (χ1v) is 13.1. The summed E-state index contributed by atoms with van der Waals surface area (Å²) < 4.78 is 42.6. The van der Waals surface area contributed by atoms with Crippen LogP contribution >= 0.6 is 0 Å². The molecule has 0 bridgehead atoms. The smallest absolute Gasteiger partial charge is 0.232 e. The maximum Gasteiger partial charge on any atom is 0.232 e. The molecular formula is C24H32N2O6S. The first-order valence-electron chi connectivity index (χ1n) is 11.2. The lowest BCUT2D eigenvalue weighted by Crippen LogP contribution is -2.33.